The molecule has 0 aliphatic heterocycles. The molecular weight excluding hydrogens is 366 g/mol. The summed E-state index contributed by atoms with van der Waals surface area (Å²) in [5.41, 5.74) is 6.48. The van der Waals surface area contributed by atoms with Gasteiger partial charge in [-0.1, -0.05) is 96.6 Å². The molecule has 0 saturated carbocycles. The molecule has 0 N–H and O–H groups in total. The van der Waals surface area contributed by atoms with Gasteiger partial charge in [-0.15, -0.1) is 0 Å². The van der Waals surface area contributed by atoms with Crippen LogP contribution in [0.1, 0.15) is 38.3 Å². The molecule has 0 bridgehead atoms. The summed E-state index contributed by atoms with van der Waals surface area (Å²) in [5, 5.41) is 0.975. The molecule has 4 rings (SSSR count). The predicted molar refractivity (Wildman–Crippen MR) is 126 cm³/mol. The van der Waals surface area contributed by atoms with Gasteiger partial charge in [0.05, 0.1) is 11.1 Å². The summed E-state index contributed by atoms with van der Waals surface area (Å²) in [5.74, 6) is -0.0431. The summed E-state index contributed by atoms with van der Waals surface area (Å²) in [6.45, 7) is 3.98. The zero-order chi connectivity index (χ0) is 20.9. The molecule has 0 spiro atoms. The van der Waals surface area contributed by atoms with E-state index in [-0.39, 0.29) is 5.78 Å². The van der Waals surface area contributed by atoms with Gasteiger partial charge >= 0.3 is 0 Å². The van der Waals surface area contributed by atoms with Crippen LogP contribution in [0.15, 0.2) is 84.9 Å². The monoisotopic (exact) mass is 389 g/mol. The van der Waals surface area contributed by atoms with E-state index in [9.17, 15) is 4.79 Å². The smallest absolute Gasteiger partial charge is 0.188 e. The van der Waals surface area contributed by atoms with Crippen molar-refractivity contribution >= 4 is 34.9 Å². The van der Waals surface area contributed by atoms with Crippen LogP contribution >= 0.6 is 0 Å². The van der Waals surface area contributed by atoms with Crippen LogP contribution in [0.25, 0.3) is 29.1 Å². The molecule has 30 heavy (non-hydrogen) atoms. The van der Waals surface area contributed by atoms with Gasteiger partial charge in [-0.2, -0.15) is 0 Å². The zero-order valence-corrected chi connectivity index (χ0v) is 17.2. The lowest BCUT2D eigenvalue weighted by molar-refractivity contribution is 0.104. The highest BCUT2D eigenvalue weighted by molar-refractivity contribution is 6.13. The second-order valence-corrected chi connectivity index (χ2v) is 7.36. The van der Waals surface area contributed by atoms with Crippen LogP contribution in [-0.2, 0) is 0 Å². The third kappa shape index (κ3) is 4.28. The van der Waals surface area contributed by atoms with Gasteiger partial charge in [-0.25, -0.2) is 0 Å². The van der Waals surface area contributed by atoms with Gasteiger partial charge in [-0.05, 0) is 42.7 Å². The highest BCUT2D eigenvalue weighted by Gasteiger charge is 2.15. The van der Waals surface area contributed by atoms with E-state index in [4.69, 9.17) is 4.98 Å². The molecule has 4 aromatic rings. The number of para-hydroxylation sites is 1. The van der Waals surface area contributed by atoms with Crippen LogP contribution in [0.5, 0.6) is 0 Å². The number of pyridine rings is 1. The van der Waals surface area contributed by atoms with Crippen molar-refractivity contribution in [1.29, 1.82) is 0 Å². The average molecular weight is 389 g/mol. The lowest BCUT2D eigenvalue weighted by atomic mass is 9.96. The van der Waals surface area contributed by atoms with Crippen molar-refractivity contribution < 1.29 is 4.79 Å². The summed E-state index contributed by atoms with van der Waals surface area (Å²) in [7, 11) is 0. The van der Waals surface area contributed by atoms with Gasteiger partial charge in [0.15, 0.2) is 5.78 Å². The lowest BCUT2D eigenvalue weighted by Crippen LogP contribution is -2.05. The maximum absolute atomic E-state index is 13.2. The van der Waals surface area contributed by atoms with E-state index in [0.717, 1.165) is 33.3 Å². The van der Waals surface area contributed by atoms with E-state index in [1.165, 1.54) is 5.56 Å². The van der Waals surface area contributed by atoms with Crippen molar-refractivity contribution in [2.75, 3.05) is 0 Å². The molecule has 2 heteroatoms. The Bertz CT molecular complexity index is 1270. The number of allylic oxidation sites excluding steroid dienone is 1. The number of hydrogen-bond acceptors (Lipinski definition) is 2. The molecule has 0 aliphatic rings. The number of aryl methyl sites for hydroxylation is 2. The summed E-state index contributed by atoms with van der Waals surface area (Å²) < 4.78 is 0. The SMILES string of the molecule is Cc1cccc(/C=C/c2c(C(=O)/C=C/c3ccccc3)c(C)nc3ccccc23)c1. The lowest BCUT2D eigenvalue weighted by Gasteiger charge is -2.11. The van der Waals surface area contributed by atoms with Crippen LogP contribution in [-0.4, -0.2) is 10.8 Å². The third-order valence-corrected chi connectivity index (χ3v) is 5.07. The van der Waals surface area contributed by atoms with Crippen LogP contribution in [0.4, 0.5) is 0 Å². The second-order valence-electron chi connectivity index (χ2n) is 7.36. The topological polar surface area (TPSA) is 30.0 Å². The van der Waals surface area contributed by atoms with Crippen molar-refractivity contribution in [1.82, 2.24) is 4.98 Å². The number of benzene rings is 3. The summed E-state index contributed by atoms with van der Waals surface area (Å²) in [6.07, 6.45) is 7.59. The Morgan fingerprint density at radius 3 is 2.30 bits per heavy atom. The Balaban J connectivity index is 1.82. The fraction of sp³-hybridized carbons (Fsp3) is 0.0714. The van der Waals surface area contributed by atoms with Crippen molar-refractivity contribution in [3.05, 3.63) is 118 Å². The number of rotatable bonds is 5. The predicted octanol–water partition coefficient (Wildman–Crippen LogP) is 6.92. The molecular formula is C28H23NO. The van der Waals surface area contributed by atoms with E-state index in [2.05, 4.69) is 31.2 Å². The Morgan fingerprint density at radius 1 is 0.767 bits per heavy atom. The molecule has 0 fully saturated rings. The van der Waals surface area contributed by atoms with Crippen LogP contribution in [0.3, 0.4) is 0 Å². The first-order valence-electron chi connectivity index (χ1n) is 10.0. The number of ketones is 1. The maximum atomic E-state index is 13.2. The standard InChI is InChI=1S/C28H23NO/c1-20-9-8-12-23(19-20)15-17-25-24-13-6-7-14-26(24)29-21(2)28(25)27(30)18-16-22-10-4-3-5-11-22/h3-19H,1-2H3/b17-15+,18-16+. The van der Waals surface area contributed by atoms with Crippen molar-refractivity contribution in [3.63, 3.8) is 0 Å². The Labute approximate surface area is 177 Å². The molecule has 146 valence electrons. The van der Waals surface area contributed by atoms with Crippen molar-refractivity contribution in [3.8, 4) is 0 Å². The van der Waals surface area contributed by atoms with Gasteiger partial charge < -0.3 is 0 Å². The first-order valence-corrected chi connectivity index (χ1v) is 10.0. The second kappa shape index (κ2) is 8.71. The molecule has 0 saturated heterocycles. The fourth-order valence-corrected chi connectivity index (χ4v) is 3.62. The number of hydrogen-bond donors (Lipinski definition) is 0. The van der Waals surface area contributed by atoms with Crippen LogP contribution in [0, 0.1) is 13.8 Å². The summed E-state index contributed by atoms with van der Waals surface area (Å²) in [6, 6.07) is 26.1. The van der Waals surface area contributed by atoms with Crippen molar-refractivity contribution in [2.45, 2.75) is 13.8 Å². The van der Waals surface area contributed by atoms with Gasteiger partial charge in [0.2, 0.25) is 0 Å². The molecule has 0 radical (unpaired) electrons. The van der Waals surface area contributed by atoms with Crippen LogP contribution in [0.2, 0.25) is 0 Å². The molecule has 1 aromatic heterocycles. The quantitative estimate of drug-likeness (QED) is 0.274. The van der Waals surface area contributed by atoms with Gasteiger partial charge in [0, 0.05) is 11.1 Å². The van der Waals surface area contributed by atoms with Gasteiger partial charge in [0.25, 0.3) is 0 Å². The minimum atomic E-state index is -0.0431. The van der Waals surface area contributed by atoms with E-state index in [1.807, 2.05) is 79.7 Å². The number of nitrogens with zero attached hydrogens (tertiary/aromatic N) is 1. The number of fused-ring (bicyclic) bond motifs is 1. The highest BCUT2D eigenvalue weighted by Crippen LogP contribution is 2.26. The van der Waals surface area contributed by atoms with E-state index >= 15 is 0 Å². The molecule has 2 nitrogen and oxygen atoms in total. The highest BCUT2D eigenvalue weighted by atomic mass is 16.1. The molecule has 0 atom stereocenters. The molecule has 0 amide bonds. The average Bonchev–Trinajstić information content (AvgIpc) is 2.76. The molecule has 3 aromatic carbocycles. The Morgan fingerprint density at radius 2 is 1.50 bits per heavy atom. The van der Waals surface area contributed by atoms with Crippen LogP contribution < -0.4 is 0 Å². The van der Waals surface area contributed by atoms with E-state index in [1.54, 1.807) is 6.08 Å². The summed E-state index contributed by atoms with van der Waals surface area (Å²) in [4.78, 5) is 17.9. The minimum absolute atomic E-state index is 0.0431. The Kier molecular flexibility index (Phi) is 5.67. The number of carbonyl (C=O) groups excluding carboxylic acids is 1. The zero-order valence-electron chi connectivity index (χ0n) is 17.2. The van der Waals surface area contributed by atoms with E-state index < -0.39 is 0 Å². The van der Waals surface area contributed by atoms with Gasteiger partial charge in [-0.3, -0.25) is 9.78 Å². The van der Waals surface area contributed by atoms with Gasteiger partial charge in [0.1, 0.15) is 0 Å². The molecule has 0 unspecified atom stereocenters. The Hall–Kier alpha value is -3.78. The minimum Gasteiger partial charge on any atom is -0.289 e. The normalized spacial score (nSPS) is 11.5. The number of aromatic nitrogens is 1. The molecule has 0 aliphatic carbocycles. The van der Waals surface area contributed by atoms with E-state index in [0.29, 0.717) is 5.56 Å². The first-order chi connectivity index (χ1) is 14.6. The molecule has 1 heterocycles. The van der Waals surface area contributed by atoms with Crippen molar-refractivity contribution in [2.24, 2.45) is 0 Å². The number of carbonyl (C=O) groups is 1. The third-order valence-electron chi connectivity index (χ3n) is 5.07. The first kappa shape index (κ1) is 19.5. The maximum Gasteiger partial charge on any atom is 0.188 e. The largest absolute Gasteiger partial charge is 0.289 e. The fourth-order valence-electron chi connectivity index (χ4n) is 3.62. The summed E-state index contributed by atoms with van der Waals surface area (Å²) >= 11 is 0.